The number of carbonyl (C=O) groups excluding carboxylic acids is 1. The standard InChI is InChI=1S/C30H32Cl4N2O.ClH/c1-35(30(37)26-9-8-25(31)19-28(26)33)20-24(23-7-10-27(32)29(34)18-23)13-16-36-14-11-22(12-15-36)17-21-5-3-2-4-6-21;/h2-10,18-19,22,24H,11-17,20H2,1H3;1H. The first-order valence-electron chi connectivity index (χ1n) is 12.7. The maximum absolute atomic E-state index is 13.2. The summed E-state index contributed by atoms with van der Waals surface area (Å²) in [5.41, 5.74) is 2.95. The van der Waals surface area contributed by atoms with E-state index in [1.807, 2.05) is 25.2 Å². The number of halogens is 5. The van der Waals surface area contributed by atoms with Crippen molar-refractivity contribution in [1.29, 1.82) is 0 Å². The van der Waals surface area contributed by atoms with Crippen LogP contribution in [-0.4, -0.2) is 48.9 Å². The number of likely N-dealkylation sites (N-methyl/N-ethyl adjacent to an activating group) is 1. The molecule has 1 unspecified atom stereocenters. The topological polar surface area (TPSA) is 23.6 Å². The highest BCUT2D eigenvalue weighted by Gasteiger charge is 2.24. The van der Waals surface area contributed by atoms with Gasteiger partial charge in [-0.1, -0.05) is 82.8 Å². The van der Waals surface area contributed by atoms with Crippen molar-refractivity contribution < 1.29 is 4.79 Å². The van der Waals surface area contributed by atoms with Crippen LogP contribution in [0.15, 0.2) is 66.7 Å². The molecule has 8 heteroatoms. The van der Waals surface area contributed by atoms with E-state index in [2.05, 4.69) is 35.2 Å². The predicted molar refractivity (Wildman–Crippen MR) is 164 cm³/mol. The number of rotatable bonds is 9. The molecule has 1 aliphatic heterocycles. The summed E-state index contributed by atoms with van der Waals surface area (Å²) in [5, 5.41) is 1.92. The lowest BCUT2D eigenvalue weighted by Gasteiger charge is -2.33. The highest BCUT2D eigenvalue weighted by Crippen LogP contribution is 2.31. The van der Waals surface area contributed by atoms with Crippen LogP contribution >= 0.6 is 58.8 Å². The van der Waals surface area contributed by atoms with E-state index in [9.17, 15) is 4.79 Å². The average molecular weight is 615 g/mol. The van der Waals surface area contributed by atoms with E-state index in [0.29, 0.717) is 32.2 Å². The lowest BCUT2D eigenvalue weighted by Crippen LogP contribution is -2.37. The average Bonchev–Trinajstić information content (AvgIpc) is 2.89. The third kappa shape index (κ3) is 8.52. The molecule has 1 fully saturated rings. The summed E-state index contributed by atoms with van der Waals surface area (Å²) in [5.74, 6) is 0.711. The second-order valence-corrected chi connectivity index (χ2v) is 11.6. The zero-order chi connectivity index (χ0) is 26.4. The van der Waals surface area contributed by atoms with Gasteiger partial charge in [-0.05, 0) is 92.7 Å². The Balaban J connectivity index is 0.00000400. The second-order valence-electron chi connectivity index (χ2n) is 9.94. The lowest BCUT2D eigenvalue weighted by atomic mass is 9.89. The molecule has 1 atom stereocenters. The number of hydrogen-bond acceptors (Lipinski definition) is 2. The van der Waals surface area contributed by atoms with Crippen LogP contribution in [0.3, 0.4) is 0 Å². The van der Waals surface area contributed by atoms with Crippen LogP contribution in [0.25, 0.3) is 0 Å². The minimum atomic E-state index is -0.131. The van der Waals surface area contributed by atoms with E-state index < -0.39 is 0 Å². The van der Waals surface area contributed by atoms with Crippen molar-refractivity contribution in [3.05, 3.63) is 104 Å². The van der Waals surface area contributed by atoms with Gasteiger partial charge < -0.3 is 9.80 Å². The highest BCUT2D eigenvalue weighted by atomic mass is 35.5. The Hall–Kier alpha value is -1.46. The van der Waals surface area contributed by atoms with Gasteiger partial charge in [0, 0.05) is 24.5 Å². The minimum absolute atomic E-state index is 0. The minimum Gasteiger partial charge on any atom is -0.341 e. The van der Waals surface area contributed by atoms with Crippen LogP contribution in [-0.2, 0) is 6.42 Å². The molecule has 1 saturated heterocycles. The van der Waals surface area contributed by atoms with E-state index in [1.165, 1.54) is 18.4 Å². The molecule has 1 heterocycles. The smallest absolute Gasteiger partial charge is 0.255 e. The van der Waals surface area contributed by atoms with Gasteiger partial charge in [0.25, 0.3) is 5.91 Å². The second kappa shape index (κ2) is 14.8. The summed E-state index contributed by atoms with van der Waals surface area (Å²) < 4.78 is 0. The molecule has 3 aromatic rings. The molecule has 0 spiro atoms. The number of hydrogen-bond donors (Lipinski definition) is 0. The molecule has 4 rings (SSSR count). The monoisotopic (exact) mass is 612 g/mol. The van der Waals surface area contributed by atoms with Gasteiger partial charge in [-0.25, -0.2) is 0 Å². The lowest BCUT2D eigenvalue weighted by molar-refractivity contribution is 0.0781. The Morgan fingerprint density at radius 2 is 1.63 bits per heavy atom. The third-order valence-electron chi connectivity index (χ3n) is 7.29. The number of benzene rings is 3. The molecule has 0 bridgehead atoms. The van der Waals surface area contributed by atoms with Crippen LogP contribution in [0.1, 0.15) is 46.7 Å². The van der Waals surface area contributed by atoms with E-state index in [4.69, 9.17) is 46.4 Å². The Morgan fingerprint density at radius 3 is 2.29 bits per heavy atom. The van der Waals surface area contributed by atoms with E-state index in [-0.39, 0.29) is 24.2 Å². The molecule has 3 nitrogen and oxygen atoms in total. The van der Waals surface area contributed by atoms with Crippen molar-refractivity contribution in [1.82, 2.24) is 9.80 Å². The summed E-state index contributed by atoms with van der Waals surface area (Å²) in [6, 6.07) is 21.5. The number of carbonyl (C=O) groups is 1. The summed E-state index contributed by atoms with van der Waals surface area (Å²) in [7, 11) is 1.81. The van der Waals surface area contributed by atoms with Gasteiger partial charge >= 0.3 is 0 Å². The van der Waals surface area contributed by atoms with Crippen molar-refractivity contribution in [2.24, 2.45) is 5.92 Å². The van der Waals surface area contributed by atoms with Gasteiger partial charge in [0.2, 0.25) is 0 Å². The quantitative estimate of drug-likeness (QED) is 0.240. The van der Waals surface area contributed by atoms with Crippen LogP contribution < -0.4 is 0 Å². The van der Waals surface area contributed by atoms with Crippen molar-refractivity contribution in [2.75, 3.05) is 33.2 Å². The first-order chi connectivity index (χ1) is 17.8. The van der Waals surface area contributed by atoms with Gasteiger partial charge in [-0.3, -0.25) is 4.79 Å². The Morgan fingerprint density at radius 1 is 0.921 bits per heavy atom. The van der Waals surface area contributed by atoms with Crippen LogP contribution in [0.2, 0.25) is 20.1 Å². The van der Waals surface area contributed by atoms with Crippen molar-refractivity contribution in [3.8, 4) is 0 Å². The highest BCUT2D eigenvalue weighted by molar-refractivity contribution is 6.42. The van der Waals surface area contributed by atoms with Crippen molar-refractivity contribution >= 4 is 64.7 Å². The Labute approximate surface area is 252 Å². The van der Waals surface area contributed by atoms with E-state index in [0.717, 1.165) is 44.0 Å². The zero-order valence-electron chi connectivity index (χ0n) is 21.4. The molecule has 0 aromatic heterocycles. The van der Waals surface area contributed by atoms with Crippen LogP contribution in [0.4, 0.5) is 0 Å². The summed E-state index contributed by atoms with van der Waals surface area (Å²) in [6.07, 6.45) is 4.48. The molecule has 1 amide bonds. The van der Waals surface area contributed by atoms with E-state index >= 15 is 0 Å². The molecular weight excluding hydrogens is 582 g/mol. The number of piperidine rings is 1. The number of likely N-dealkylation sites (tertiary alicyclic amines) is 1. The predicted octanol–water partition coefficient (Wildman–Crippen LogP) is 8.92. The molecule has 0 N–H and O–H groups in total. The normalized spacial score (nSPS) is 15.1. The summed E-state index contributed by atoms with van der Waals surface area (Å²) in [6.45, 7) is 3.70. The van der Waals surface area contributed by atoms with Crippen LogP contribution in [0.5, 0.6) is 0 Å². The van der Waals surface area contributed by atoms with Crippen LogP contribution in [0, 0.1) is 5.92 Å². The Kier molecular flexibility index (Phi) is 12.1. The maximum atomic E-state index is 13.2. The first kappa shape index (κ1) is 31.1. The Bertz CT molecular complexity index is 1200. The number of amides is 1. The molecule has 1 aliphatic rings. The molecule has 0 saturated carbocycles. The summed E-state index contributed by atoms with van der Waals surface area (Å²) >= 11 is 24.9. The largest absolute Gasteiger partial charge is 0.341 e. The molecular formula is C30H33Cl5N2O. The van der Waals surface area contributed by atoms with Crippen molar-refractivity contribution in [3.63, 3.8) is 0 Å². The molecule has 204 valence electrons. The van der Waals surface area contributed by atoms with Gasteiger partial charge in [0.1, 0.15) is 0 Å². The van der Waals surface area contributed by atoms with Gasteiger partial charge in [-0.15, -0.1) is 12.4 Å². The molecule has 3 aromatic carbocycles. The number of nitrogens with zero attached hydrogens (tertiary/aromatic N) is 2. The van der Waals surface area contributed by atoms with E-state index in [1.54, 1.807) is 23.1 Å². The molecule has 38 heavy (non-hydrogen) atoms. The maximum Gasteiger partial charge on any atom is 0.255 e. The van der Waals surface area contributed by atoms with Gasteiger partial charge in [0.05, 0.1) is 20.6 Å². The summed E-state index contributed by atoms with van der Waals surface area (Å²) in [4.78, 5) is 17.5. The van der Waals surface area contributed by atoms with Crippen molar-refractivity contribution in [2.45, 2.75) is 31.6 Å². The zero-order valence-corrected chi connectivity index (χ0v) is 25.2. The SMILES string of the molecule is CN(CC(CCN1CCC(Cc2ccccc2)CC1)c1ccc(Cl)c(Cl)c1)C(=O)c1ccc(Cl)cc1Cl.Cl. The van der Waals surface area contributed by atoms with Gasteiger partial charge in [0.15, 0.2) is 0 Å². The van der Waals surface area contributed by atoms with Gasteiger partial charge in [-0.2, -0.15) is 0 Å². The molecule has 0 radical (unpaired) electrons. The first-order valence-corrected chi connectivity index (χ1v) is 14.2. The molecule has 0 aliphatic carbocycles. The fourth-order valence-corrected chi connectivity index (χ4v) is 5.91. The third-order valence-corrected chi connectivity index (χ3v) is 8.57. The fourth-order valence-electron chi connectivity index (χ4n) is 5.11. The fraction of sp³-hybridized carbons (Fsp3) is 0.367.